The summed E-state index contributed by atoms with van der Waals surface area (Å²) in [6.45, 7) is 1.16. The van der Waals surface area contributed by atoms with Crippen molar-refractivity contribution in [3.63, 3.8) is 0 Å². The highest BCUT2D eigenvalue weighted by molar-refractivity contribution is 6.30. The van der Waals surface area contributed by atoms with Crippen molar-refractivity contribution in [1.29, 1.82) is 0 Å². The fourth-order valence-electron chi connectivity index (χ4n) is 2.36. The molecular weight excluding hydrogens is 257 g/mol. The van der Waals surface area contributed by atoms with E-state index in [1.165, 1.54) is 12.3 Å². The Hall–Kier alpha value is -0.910. The van der Waals surface area contributed by atoms with Gasteiger partial charge in [-0.25, -0.2) is 9.37 Å². The van der Waals surface area contributed by atoms with Crippen LogP contribution < -0.4 is 4.90 Å². The van der Waals surface area contributed by atoms with Crippen LogP contribution in [0.5, 0.6) is 0 Å². The van der Waals surface area contributed by atoms with Gasteiger partial charge in [0.2, 0.25) is 0 Å². The molecule has 0 aromatic carbocycles. The Bertz CT molecular complexity index is 430. The third-order valence-electron chi connectivity index (χ3n) is 3.03. The van der Waals surface area contributed by atoms with E-state index in [1.807, 2.05) is 23.9 Å². The van der Waals surface area contributed by atoms with Crippen molar-refractivity contribution in [2.75, 3.05) is 32.1 Å². The molecule has 2 heterocycles. The predicted molar refractivity (Wildman–Crippen MR) is 69.5 cm³/mol. The molecule has 1 aromatic heterocycles. The Morgan fingerprint density at radius 1 is 1.61 bits per heavy atom. The van der Waals surface area contributed by atoms with Gasteiger partial charge in [0.1, 0.15) is 0 Å². The average Bonchev–Trinajstić information content (AvgIpc) is 2.58. The summed E-state index contributed by atoms with van der Waals surface area (Å²) >= 11 is 5.69. The number of pyridine rings is 1. The number of likely N-dealkylation sites (N-methyl/N-ethyl adjacent to an activating group) is 1. The van der Waals surface area contributed by atoms with Crippen molar-refractivity contribution in [2.24, 2.45) is 0 Å². The van der Waals surface area contributed by atoms with Gasteiger partial charge in [-0.1, -0.05) is 11.6 Å². The molecule has 2 rings (SSSR count). The lowest BCUT2D eigenvalue weighted by Gasteiger charge is -2.27. The Balaban J connectivity index is 2.24. The lowest BCUT2D eigenvalue weighted by Crippen LogP contribution is -2.38. The number of nitrogens with zero attached hydrogens (tertiary/aromatic N) is 3. The van der Waals surface area contributed by atoms with Gasteiger partial charge >= 0.3 is 0 Å². The number of β-amino-alcohol motifs (C(OH)–C–C–N with tert-alkyl or cyclic N) is 1. The summed E-state index contributed by atoms with van der Waals surface area (Å²) in [5, 5.41) is 10.0. The smallest absolute Gasteiger partial charge is 0.167 e. The second-order valence-electron chi connectivity index (χ2n) is 4.92. The maximum Gasteiger partial charge on any atom is 0.167 e. The Labute approximate surface area is 111 Å². The van der Waals surface area contributed by atoms with Gasteiger partial charge in [-0.05, 0) is 26.6 Å². The van der Waals surface area contributed by atoms with Crippen LogP contribution in [0.15, 0.2) is 12.3 Å². The van der Waals surface area contributed by atoms with E-state index >= 15 is 0 Å². The zero-order valence-electron chi connectivity index (χ0n) is 10.5. The van der Waals surface area contributed by atoms with Crippen LogP contribution in [0.4, 0.5) is 10.2 Å². The minimum atomic E-state index is -0.444. The largest absolute Gasteiger partial charge is 0.391 e. The molecule has 0 bridgehead atoms. The quantitative estimate of drug-likeness (QED) is 0.903. The summed E-state index contributed by atoms with van der Waals surface area (Å²) in [7, 11) is 3.91. The Morgan fingerprint density at radius 3 is 2.94 bits per heavy atom. The van der Waals surface area contributed by atoms with Gasteiger partial charge in [-0.15, -0.1) is 0 Å². The van der Waals surface area contributed by atoms with Crippen LogP contribution in [0.3, 0.4) is 0 Å². The zero-order valence-corrected chi connectivity index (χ0v) is 11.2. The van der Waals surface area contributed by atoms with Crippen LogP contribution in [0.25, 0.3) is 0 Å². The van der Waals surface area contributed by atoms with E-state index in [1.54, 1.807) is 0 Å². The first-order chi connectivity index (χ1) is 8.47. The molecule has 1 saturated heterocycles. The average molecular weight is 274 g/mol. The minimum Gasteiger partial charge on any atom is -0.391 e. The predicted octanol–water partition coefficient (Wildman–Crippen LogP) is 1.38. The van der Waals surface area contributed by atoms with Gasteiger partial charge in [-0.2, -0.15) is 0 Å². The van der Waals surface area contributed by atoms with Gasteiger partial charge in [0.05, 0.1) is 11.1 Å². The molecule has 2 unspecified atom stereocenters. The molecule has 0 radical (unpaired) electrons. The maximum atomic E-state index is 13.9. The van der Waals surface area contributed by atoms with E-state index < -0.39 is 11.9 Å². The monoisotopic (exact) mass is 273 g/mol. The molecule has 1 aliphatic rings. The van der Waals surface area contributed by atoms with Crippen LogP contribution >= 0.6 is 11.6 Å². The molecule has 1 aliphatic heterocycles. The minimum absolute atomic E-state index is 0.0678. The number of halogens is 2. The summed E-state index contributed by atoms with van der Waals surface area (Å²) in [5.74, 6) is -0.178. The number of rotatable bonds is 3. The number of aliphatic hydroxyl groups excluding tert-OH is 1. The molecule has 2 atom stereocenters. The number of hydrogen-bond acceptors (Lipinski definition) is 4. The van der Waals surface area contributed by atoms with Crippen molar-refractivity contribution >= 4 is 17.4 Å². The lowest BCUT2D eigenvalue weighted by atomic mass is 10.2. The highest BCUT2D eigenvalue weighted by atomic mass is 35.5. The fraction of sp³-hybridized carbons (Fsp3) is 0.583. The third-order valence-corrected chi connectivity index (χ3v) is 3.24. The molecule has 1 fully saturated rings. The van der Waals surface area contributed by atoms with Crippen molar-refractivity contribution < 1.29 is 9.50 Å². The number of aromatic nitrogens is 1. The van der Waals surface area contributed by atoms with Gasteiger partial charge in [0, 0.05) is 25.3 Å². The molecule has 0 aliphatic carbocycles. The molecule has 6 heteroatoms. The first kappa shape index (κ1) is 13.5. The van der Waals surface area contributed by atoms with E-state index in [9.17, 15) is 9.50 Å². The van der Waals surface area contributed by atoms with E-state index in [0.29, 0.717) is 13.0 Å². The second kappa shape index (κ2) is 5.38. The van der Waals surface area contributed by atoms with Crippen molar-refractivity contribution in [2.45, 2.75) is 18.6 Å². The van der Waals surface area contributed by atoms with Crippen LogP contribution in [0.1, 0.15) is 6.42 Å². The first-order valence-electron chi connectivity index (χ1n) is 5.88. The molecule has 0 spiro atoms. The molecule has 1 aromatic rings. The van der Waals surface area contributed by atoms with Crippen molar-refractivity contribution in [1.82, 2.24) is 9.88 Å². The van der Waals surface area contributed by atoms with Gasteiger partial charge in [-0.3, -0.25) is 0 Å². The highest BCUT2D eigenvalue weighted by Gasteiger charge is 2.33. The molecule has 0 saturated carbocycles. The van der Waals surface area contributed by atoms with Crippen molar-refractivity contribution in [3.05, 3.63) is 23.1 Å². The number of anilines is 1. The zero-order chi connectivity index (χ0) is 13.3. The molecule has 1 N–H and O–H groups in total. The van der Waals surface area contributed by atoms with Crippen LogP contribution in [0, 0.1) is 5.82 Å². The SMILES string of the molecule is CN(C)CC1CC(O)CN1c1ncc(Cl)cc1F. The van der Waals surface area contributed by atoms with E-state index in [-0.39, 0.29) is 16.9 Å². The number of aliphatic hydroxyl groups is 1. The first-order valence-corrected chi connectivity index (χ1v) is 6.25. The standard InChI is InChI=1S/C12H17ClFN3O/c1-16(2)6-9-4-10(18)7-17(9)12-11(14)3-8(13)5-15-12/h3,5,9-10,18H,4,6-7H2,1-2H3. The van der Waals surface area contributed by atoms with E-state index in [0.717, 1.165) is 6.54 Å². The highest BCUT2D eigenvalue weighted by Crippen LogP contribution is 2.27. The third kappa shape index (κ3) is 2.91. The normalized spacial score (nSPS) is 24.0. The van der Waals surface area contributed by atoms with Crippen molar-refractivity contribution in [3.8, 4) is 0 Å². The topological polar surface area (TPSA) is 39.6 Å². The number of hydrogen-bond donors (Lipinski definition) is 1. The molecule has 18 heavy (non-hydrogen) atoms. The summed E-state index contributed by atoms with van der Waals surface area (Å²) < 4.78 is 13.9. The Kier molecular flexibility index (Phi) is 4.04. The van der Waals surface area contributed by atoms with Gasteiger partial charge in [0.25, 0.3) is 0 Å². The fourth-order valence-corrected chi connectivity index (χ4v) is 2.51. The van der Waals surface area contributed by atoms with Gasteiger partial charge < -0.3 is 14.9 Å². The van der Waals surface area contributed by atoms with Crippen LogP contribution in [0.2, 0.25) is 5.02 Å². The Morgan fingerprint density at radius 2 is 2.33 bits per heavy atom. The molecular formula is C12H17ClFN3O. The van der Waals surface area contributed by atoms with E-state index in [4.69, 9.17) is 11.6 Å². The van der Waals surface area contributed by atoms with Gasteiger partial charge in [0.15, 0.2) is 11.6 Å². The molecule has 0 amide bonds. The maximum absolute atomic E-state index is 13.9. The summed E-state index contributed by atoms with van der Waals surface area (Å²) in [4.78, 5) is 7.87. The molecule has 4 nitrogen and oxygen atoms in total. The van der Waals surface area contributed by atoms with Crippen LogP contribution in [-0.2, 0) is 0 Å². The van der Waals surface area contributed by atoms with E-state index in [2.05, 4.69) is 4.98 Å². The summed E-state index contributed by atoms with van der Waals surface area (Å²) in [6.07, 6.45) is 1.62. The molecule has 100 valence electrons. The second-order valence-corrected chi connectivity index (χ2v) is 5.35. The summed E-state index contributed by atoms with van der Waals surface area (Å²) in [5.41, 5.74) is 0. The van der Waals surface area contributed by atoms with Crippen LogP contribution in [-0.4, -0.2) is 54.3 Å². The lowest BCUT2D eigenvalue weighted by molar-refractivity contribution is 0.191. The summed E-state index contributed by atoms with van der Waals surface area (Å²) in [6, 6.07) is 1.32.